The summed E-state index contributed by atoms with van der Waals surface area (Å²) >= 11 is 0. The van der Waals surface area contributed by atoms with Crippen molar-refractivity contribution in [1.82, 2.24) is 9.88 Å². The third-order valence-electron chi connectivity index (χ3n) is 3.70. The molecule has 0 aliphatic rings. The van der Waals surface area contributed by atoms with Crippen molar-refractivity contribution in [2.45, 2.75) is 26.3 Å². The van der Waals surface area contributed by atoms with Crippen molar-refractivity contribution >= 4 is 5.91 Å². The van der Waals surface area contributed by atoms with Crippen LogP contribution in [0.25, 0.3) is 0 Å². The first kappa shape index (κ1) is 16.6. The topological polar surface area (TPSA) is 51.1 Å². The van der Waals surface area contributed by atoms with Gasteiger partial charge in [-0.25, -0.2) is 0 Å². The molecule has 1 aromatic heterocycles. The highest BCUT2D eigenvalue weighted by molar-refractivity contribution is 5.93. The highest BCUT2D eigenvalue weighted by Crippen LogP contribution is 2.10. The van der Waals surface area contributed by atoms with Gasteiger partial charge in [0.25, 0.3) is 11.5 Å². The fraction of sp³-hybridized carbons (Fsp3) is 0.263. The minimum atomic E-state index is -0.268. The molecule has 1 heterocycles. The number of carbonyl (C=O) groups is 1. The van der Waals surface area contributed by atoms with Gasteiger partial charge in [-0.3, -0.25) is 9.59 Å². The number of aryl methyl sites for hydroxylation is 3. The van der Waals surface area contributed by atoms with E-state index in [0.29, 0.717) is 12.1 Å². The van der Waals surface area contributed by atoms with Crippen molar-refractivity contribution in [2.75, 3.05) is 6.54 Å². The van der Waals surface area contributed by atoms with Crippen LogP contribution in [0.1, 0.15) is 27.9 Å². The number of rotatable bonds is 6. The molecule has 4 nitrogen and oxygen atoms in total. The molecule has 4 heteroatoms. The molecule has 1 N–H and O–H groups in total. The minimum Gasteiger partial charge on any atom is -0.341 e. The Labute approximate surface area is 136 Å². The summed E-state index contributed by atoms with van der Waals surface area (Å²) in [5.41, 5.74) is 2.87. The van der Waals surface area contributed by atoms with Crippen LogP contribution in [-0.4, -0.2) is 17.0 Å². The van der Waals surface area contributed by atoms with Crippen molar-refractivity contribution in [1.29, 1.82) is 0 Å². The zero-order valence-electron chi connectivity index (χ0n) is 13.2. The molecule has 0 spiro atoms. The Hall–Kier alpha value is -2.80. The Morgan fingerprint density at radius 1 is 1.26 bits per heavy atom. The smallest absolute Gasteiger partial charge is 0.253 e. The van der Waals surface area contributed by atoms with E-state index in [-0.39, 0.29) is 18.0 Å². The Bertz CT molecular complexity index is 784. The van der Waals surface area contributed by atoms with E-state index in [1.807, 2.05) is 12.1 Å². The second kappa shape index (κ2) is 8.00. The Morgan fingerprint density at radius 3 is 2.78 bits per heavy atom. The molecule has 0 saturated heterocycles. The lowest BCUT2D eigenvalue weighted by Crippen LogP contribution is -2.27. The van der Waals surface area contributed by atoms with Crippen molar-refractivity contribution in [3.05, 3.63) is 69.6 Å². The van der Waals surface area contributed by atoms with Crippen LogP contribution in [0.2, 0.25) is 0 Å². The summed E-state index contributed by atoms with van der Waals surface area (Å²) in [6.07, 6.45) is 8.44. The van der Waals surface area contributed by atoms with Crippen LogP contribution in [0.3, 0.4) is 0 Å². The average Bonchev–Trinajstić information content (AvgIpc) is 2.56. The largest absolute Gasteiger partial charge is 0.341 e. The number of amides is 1. The lowest BCUT2D eigenvalue weighted by molar-refractivity contribution is 0.0958. The van der Waals surface area contributed by atoms with E-state index in [1.165, 1.54) is 23.3 Å². The molecule has 0 aliphatic heterocycles. The maximum absolute atomic E-state index is 11.9. The summed E-state index contributed by atoms with van der Waals surface area (Å²) < 4.78 is 1.57. The highest BCUT2D eigenvalue weighted by atomic mass is 16.2. The molecule has 0 unspecified atom stereocenters. The molecule has 0 aliphatic carbocycles. The molecule has 1 aromatic carbocycles. The van der Waals surface area contributed by atoms with Gasteiger partial charge in [0.05, 0.1) is 12.1 Å². The van der Waals surface area contributed by atoms with Gasteiger partial charge in [0.1, 0.15) is 0 Å². The van der Waals surface area contributed by atoms with E-state index in [4.69, 9.17) is 6.42 Å². The van der Waals surface area contributed by atoms with Crippen LogP contribution >= 0.6 is 0 Å². The molecule has 0 radical (unpaired) electrons. The number of carbonyl (C=O) groups excluding carboxylic acids is 1. The van der Waals surface area contributed by atoms with Crippen LogP contribution in [0.15, 0.2) is 47.4 Å². The molecule has 118 valence electrons. The molecule has 0 bridgehead atoms. The second-order valence-corrected chi connectivity index (χ2v) is 5.37. The number of nitrogens with one attached hydrogen (secondary N) is 1. The number of benzene rings is 1. The molecule has 2 rings (SSSR count). The van der Waals surface area contributed by atoms with Crippen LogP contribution in [0, 0.1) is 19.3 Å². The lowest BCUT2D eigenvalue weighted by Gasteiger charge is -2.09. The number of hydrogen-bond donors (Lipinski definition) is 1. The molecule has 0 atom stereocenters. The van der Waals surface area contributed by atoms with E-state index in [0.717, 1.165) is 12.8 Å². The first-order chi connectivity index (χ1) is 11.1. The zero-order chi connectivity index (χ0) is 16.7. The van der Waals surface area contributed by atoms with Gasteiger partial charge in [0.15, 0.2) is 0 Å². The number of hydrogen-bond acceptors (Lipinski definition) is 2. The van der Waals surface area contributed by atoms with E-state index >= 15 is 0 Å². The molecular weight excluding hydrogens is 288 g/mol. The first-order valence-electron chi connectivity index (χ1n) is 7.58. The maximum atomic E-state index is 11.9. The van der Waals surface area contributed by atoms with Gasteiger partial charge in [-0.2, -0.15) is 0 Å². The molecule has 2 aromatic rings. The maximum Gasteiger partial charge on any atom is 0.253 e. The monoisotopic (exact) mass is 308 g/mol. The summed E-state index contributed by atoms with van der Waals surface area (Å²) in [4.78, 5) is 23.8. The summed E-state index contributed by atoms with van der Waals surface area (Å²) in [7, 11) is 0. The Kier molecular flexibility index (Phi) is 5.76. The molecule has 0 fully saturated rings. The molecule has 23 heavy (non-hydrogen) atoms. The highest BCUT2D eigenvalue weighted by Gasteiger charge is 2.07. The standard InChI is InChI=1S/C19H20N2O2/c1-3-12-20-19(23)17-10-11-18(22)21(14-17)13-6-9-16-8-5-4-7-15(16)2/h1,4-5,7-8,10-11,14H,6,9,12-13H2,2H3,(H,20,23). The predicted molar refractivity (Wildman–Crippen MR) is 91.4 cm³/mol. The molecule has 1 amide bonds. The third kappa shape index (κ3) is 4.58. The van der Waals surface area contributed by atoms with Crippen molar-refractivity contribution in [2.24, 2.45) is 0 Å². The normalized spacial score (nSPS) is 10.1. The zero-order valence-corrected chi connectivity index (χ0v) is 13.2. The van der Waals surface area contributed by atoms with Crippen molar-refractivity contribution in [3.8, 4) is 12.3 Å². The Morgan fingerprint density at radius 2 is 2.04 bits per heavy atom. The van der Waals surface area contributed by atoms with Gasteiger partial charge < -0.3 is 9.88 Å². The fourth-order valence-corrected chi connectivity index (χ4v) is 2.40. The van der Waals surface area contributed by atoms with Crippen LogP contribution < -0.4 is 10.9 Å². The van der Waals surface area contributed by atoms with Crippen molar-refractivity contribution < 1.29 is 4.79 Å². The SMILES string of the molecule is C#CCNC(=O)c1ccc(=O)n(CCCc2ccccc2C)c1. The molecule has 0 saturated carbocycles. The predicted octanol–water partition coefficient (Wildman–Crippen LogP) is 2.15. The van der Waals surface area contributed by atoms with E-state index in [2.05, 4.69) is 30.3 Å². The summed E-state index contributed by atoms with van der Waals surface area (Å²) in [5.74, 6) is 2.08. The number of terminal acetylenes is 1. The number of aromatic nitrogens is 1. The van der Waals surface area contributed by atoms with E-state index in [1.54, 1.807) is 10.8 Å². The quantitative estimate of drug-likeness (QED) is 0.831. The number of nitrogens with zero attached hydrogens (tertiary/aromatic N) is 1. The van der Waals surface area contributed by atoms with Crippen molar-refractivity contribution in [3.63, 3.8) is 0 Å². The minimum absolute atomic E-state index is 0.108. The second-order valence-electron chi connectivity index (χ2n) is 5.37. The van der Waals surface area contributed by atoms with Gasteiger partial charge in [-0.05, 0) is 37.0 Å². The van der Waals surface area contributed by atoms with Gasteiger partial charge in [0.2, 0.25) is 0 Å². The average molecular weight is 308 g/mol. The van der Waals surface area contributed by atoms with Crippen LogP contribution in [0.4, 0.5) is 0 Å². The Balaban J connectivity index is 2.02. The summed E-state index contributed by atoms with van der Waals surface area (Å²) in [6.45, 7) is 2.83. The lowest BCUT2D eigenvalue weighted by atomic mass is 10.0. The van der Waals surface area contributed by atoms with Gasteiger partial charge in [0, 0.05) is 18.8 Å². The number of pyridine rings is 1. The fourth-order valence-electron chi connectivity index (χ4n) is 2.40. The third-order valence-corrected chi connectivity index (χ3v) is 3.70. The molecular formula is C19H20N2O2. The van der Waals surface area contributed by atoms with Gasteiger partial charge in [-0.1, -0.05) is 30.2 Å². The first-order valence-corrected chi connectivity index (χ1v) is 7.58. The van der Waals surface area contributed by atoms with Crippen LogP contribution in [-0.2, 0) is 13.0 Å². The summed E-state index contributed by atoms with van der Waals surface area (Å²) in [5, 5.41) is 2.59. The van der Waals surface area contributed by atoms with E-state index in [9.17, 15) is 9.59 Å². The van der Waals surface area contributed by atoms with E-state index < -0.39 is 0 Å². The summed E-state index contributed by atoms with van der Waals surface area (Å²) in [6, 6.07) is 11.1. The van der Waals surface area contributed by atoms with Gasteiger partial charge in [-0.15, -0.1) is 6.42 Å². The van der Waals surface area contributed by atoms with Gasteiger partial charge >= 0.3 is 0 Å². The van der Waals surface area contributed by atoms with Crippen LogP contribution in [0.5, 0.6) is 0 Å².